The van der Waals surface area contributed by atoms with Gasteiger partial charge in [-0.2, -0.15) is 0 Å². The first-order valence-electron chi connectivity index (χ1n) is 18.2. The van der Waals surface area contributed by atoms with Crippen molar-refractivity contribution in [2.24, 2.45) is 0 Å². The van der Waals surface area contributed by atoms with Crippen molar-refractivity contribution in [1.29, 1.82) is 0 Å². The Balaban J connectivity index is 1.14. The van der Waals surface area contributed by atoms with Crippen LogP contribution in [0.5, 0.6) is 0 Å². The molecule has 0 unspecified atom stereocenters. The molecule has 252 valence electrons. The van der Waals surface area contributed by atoms with Gasteiger partial charge < -0.3 is 9.47 Å². The molecule has 0 saturated carbocycles. The van der Waals surface area contributed by atoms with Gasteiger partial charge in [0.15, 0.2) is 0 Å². The summed E-state index contributed by atoms with van der Waals surface area (Å²) < 4.78 is 2.36. The van der Waals surface area contributed by atoms with Crippen LogP contribution in [0.3, 0.4) is 0 Å². The summed E-state index contributed by atoms with van der Waals surface area (Å²) in [5.74, 6) is 0. The van der Waals surface area contributed by atoms with Crippen LogP contribution < -0.4 is 4.90 Å². The number of benzene rings is 8. The Hall–Kier alpha value is -6.90. The molecule has 0 amide bonds. The number of anilines is 3. The van der Waals surface area contributed by atoms with Crippen LogP contribution in [-0.2, 0) is 0 Å². The lowest BCUT2D eigenvalue weighted by atomic mass is 9.98. The summed E-state index contributed by atoms with van der Waals surface area (Å²) in [6.45, 7) is 2.05. The molecule has 53 heavy (non-hydrogen) atoms. The largest absolute Gasteiger partial charge is 0.311 e. The van der Waals surface area contributed by atoms with Gasteiger partial charge in [0, 0.05) is 33.8 Å². The van der Waals surface area contributed by atoms with Gasteiger partial charge in [-0.15, -0.1) is 0 Å². The molecule has 0 spiro atoms. The first kappa shape index (κ1) is 32.0. The number of nitrogens with zero attached hydrogens (tertiary/aromatic N) is 2. The third-order valence-corrected chi connectivity index (χ3v) is 10.1. The molecule has 0 radical (unpaired) electrons. The van der Waals surface area contributed by atoms with Crippen molar-refractivity contribution in [3.05, 3.63) is 212 Å². The van der Waals surface area contributed by atoms with Crippen molar-refractivity contribution in [3.63, 3.8) is 0 Å². The van der Waals surface area contributed by atoms with Crippen molar-refractivity contribution in [3.8, 4) is 27.9 Å². The Bertz CT molecular complexity index is 2740. The van der Waals surface area contributed by atoms with Gasteiger partial charge in [-0.25, -0.2) is 0 Å². The zero-order chi connectivity index (χ0) is 35.6. The van der Waals surface area contributed by atoms with Crippen LogP contribution in [0.25, 0.3) is 66.5 Å². The summed E-state index contributed by atoms with van der Waals surface area (Å²) >= 11 is 0. The van der Waals surface area contributed by atoms with E-state index in [4.69, 9.17) is 0 Å². The third-order valence-electron chi connectivity index (χ3n) is 10.1. The minimum Gasteiger partial charge on any atom is -0.311 e. The highest BCUT2D eigenvalue weighted by Crippen LogP contribution is 2.39. The standard InChI is InChI=1S/C51H38N2/c1-2-3-5-18-46-36-50-49-20-11-9-16-40(49)26-35-51(50)53(46)45-33-31-44(32-34-45)52(42-27-22-38(23-28-42)37-13-6-4-7-14-37)43-29-24-41(25-30-43)48-21-12-17-39-15-8-10-19-47(39)48/h2-36H,1H3/b3-2-,18-5-. The molecule has 2 heteroatoms. The Morgan fingerprint density at radius 1 is 0.434 bits per heavy atom. The highest BCUT2D eigenvalue weighted by Gasteiger charge is 2.16. The highest BCUT2D eigenvalue weighted by molar-refractivity contribution is 6.08. The Morgan fingerprint density at radius 3 is 1.70 bits per heavy atom. The van der Waals surface area contributed by atoms with E-state index < -0.39 is 0 Å². The molecule has 9 rings (SSSR count). The Labute approximate surface area is 310 Å². The molecule has 0 aliphatic rings. The lowest BCUT2D eigenvalue weighted by molar-refractivity contribution is 1.11. The fourth-order valence-corrected chi connectivity index (χ4v) is 7.56. The maximum absolute atomic E-state index is 2.36. The van der Waals surface area contributed by atoms with Crippen LogP contribution >= 0.6 is 0 Å². The van der Waals surface area contributed by atoms with Gasteiger partial charge in [0.25, 0.3) is 0 Å². The lowest BCUT2D eigenvalue weighted by Gasteiger charge is -2.26. The molecule has 0 N–H and O–H groups in total. The molecule has 0 fully saturated rings. The van der Waals surface area contributed by atoms with Gasteiger partial charge in [0.2, 0.25) is 0 Å². The summed E-state index contributed by atoms with van der Waals surface area (Å²) in [7, 11) is 0. The number of rotatable bonds is 8. The fraction of sp³-hybridized carbons (Fsp3) is 0.0196. The Kier molecular flexibility index (Phi) is 8.47. The van der Waals surface area contributed by atoms with Crippen molar-refractivity contribution in [2.45, 2.75) is 6.92 Å². The second-order valence-electron chi connectivity index (χ2n) is 13.3. The molecule has 9 aromatic rings. The van der Waals surface area contributed by atoms with E-state index in [1.807, 2.05) is 6.92 Å². The zero-order valence-electron chi connectivity index (χ0n) is 29.6. The lowest BCUT2D eigenvalue weighted by Crippen LogP contribution is -2.10. The second kappa shape index (κ2) is 14.0. The molecule has 0 aliphatic heterocycles. The van der Waals surface area contributed by atoms with Gasteiger partial charge in [-0.05, 0) is 117 Å². The number of hydrogen-bond donors (Lipinski definition) is 0. The highest BCUT2D eigenvalue weighted by atomic mass is 15.1. The molecular weight excluding hydrogens is 641 g/mol. The molecule has 2 nitrogen and oxygen atoms in total. The van der Waals surface area contributed by atoms with E-state index in [1.54, 1.807) is 0 Å². The smallest absolute Gasteiger partial charge is 0.0541 e. The predicted molar refractivity (Wildman–Crippen MR) is 228 cm³/mol. The zero-order valence-corrected chi connectivity index (χ0v) is 29.6. The van der Waals surface area contributed by atoms with E-state index in [0.717, 1.165) is 28.4 Å². The monoisotopic (exact) mass is 678 g/mol. The van der Waals surface area contributed by atoms with Gasteiger partial charge in [0.1, 0.15) is 0 Å². The molecule has 1 aromatic heterocycles. The number of hydrogen-bond acceptors (Lipinski definition) is 1. The van der Waals surface area contributed by atoms with Crippen LogP contribution in [0.2, 0.25) is 0 Å². The summed E-state index contributed by atoms with van der Waals surface area (Å²) in [5, 5.41) is 6.27. The maximum atomic E-state index is 2.36. The van der Waals surface area contributed by atoms with Crippen molar-refractivity contribution >= 4 is 55.6 Å². The van der Waals surface area contributed by atoms with Crippen LogP contribution in [0.4, 0.5) is 17.1 Å². The maximum Gasteiger partial charge on any atom is 0.0541 e. The van der Waals surface area contributed by atoms with E-state index in [9.17, 15) is 0 Å². The van der Waals surface area contributed by atoms with E-state index in [0.29, 0.717) is 0 Å². The first-order chi connectivity index (χ1) is 26.2. The number of aromatic nitrogens is 1. The van der Waals surface area contributed by atoms with Crippen LogP contribution in [-0.4, -0.2) is 4.57 Å². The predicted octanol–water partition coefficient (Wildman–Crippen LogP) is 14.3. The minimum atomic E-state index is 1.09. The fourth-order valence-electron chi connectivity index (χ4n) is 7.56. The quantitative estimate of drug-likeness (QED) is 0.145. The van der Waals surface area contributed by atoms with Crippen LogP contribution in [0, 0.1) is 0 Å². The summed E-state index contributed by atoms with van der Waals surface area (Å²) in [6.07, 6.45) is 8.45. The SMILES string of the molecule is C/C=C\C=C/c1cc2c3ccccc3ccc2n1-c1ccc(N(c2ccc(-c3ccccc3)cc2)c2ccc(-c3cccc4ccccc34)cc2)cc1. The van der Waals surface area contributed by atoms with E-state index >= 15 is 0 Å². The summed E-state index contributed by atoms with van der Waals surface area (Å²) in [5.41, 5.74) is 11.6. The van der Waals surface area contributed by atoms with Crippen molar-refractivity contribution in [2.75, 3.05) is 4.90 Å². The first-order valence-corrected chi connectivity index (χ1v) is 18.2. The molecule has 0 saturated heterocycles. The topological polar surface area (TPSA) is 8.17 Å². The molecule has 0 atom stereocenters. The van der Waals surface area contributed by atoms with Crippen LogP contribution in [0.1, 0.15) is 12.6 Å². The van der Waals surface area contributed by atoms with Crippen molar-refractivity contribution < 1.29 is 0 Å². The Morgan fingerprint density at radius 2 is 1.00 bits per heavy atom. The van der Waals surface area contributed by atoms with Gasteiger partial charge in [-0.3, -0.25) is 0 Å². The second-order valence-corrected chi connectivity index (χ2v) is 13.3. The number of fused-ring (bicyclic) bond motifs is 4. The van der Waals surface area contributed by atoms with Crippen molar-refractivity contribution in [1.82, 2.24) is 4.57 Å². The van der Waals surface area contributed by atoms with Crippen LogP contribution in [0.15, 0.2) is 206 Å². The van der Waals surface area contributed by atoms with E-state index in [-0.39, 0.29) is 0 Å². The molecule has 0 bridgehead atoms. The summed E-state index contributed by atoms with van der Waals surface area (Å²) in [6, 6.07) is 68.0. The van der Waals surface area contributed by atoms with Gasteiger partial charge in [0.05, 0.1) is 5.52 Å². The average molecular weight is 679 g/mol. The summed E-state index contributed by atoms with van der Waals surface area (Å²) in [4.78, 5) is 2.35. The molecular formula is C51H38N2. The number of allylic oxidation sites excluding steroid dienone is 3. The van der Waals surface area contributed by atoms with Gasteiger partial charge >= 0.3 is 0 Å². The molecule has 1 heterocycles. The average Bonchev–Trinajstić information content (AvgIpc) is 3.61. The third kappa shape index (κ3) is 6.11. The van der Waals surface area contributed by atoms with E-state index in [1.165, 1.54) is 54.7 Å². The van der Waals surface area contributed by atoms with E-state index in [2.05, 4.69) is 222 Å². The van der Waals surface area contributed by atoms with Gasteiger partial charge in [-0.1, -0.05) is 146 Å². The minimum absolute atomic E-state index is 1.09. The normalized spacial score (nSPS) is 11.7. The molecule has 0 aliphatic carbocycles. The molecule has 8 aromatic carbocycles.